The quantitative estimate of drug-likeness (QED) is 0.506. The van der Waals surface area contributed by atoms with Crippen molar-refractivity contribution in [3.05, 3.63) is 24.9 Å². The molecule has 1 aliphatic rings. The second kappa shape index (κ2) is 6.28. The summed E-state index contributed by atoms with van der Waals surface area (Å²) in [7, 11) is 0. The Kier molecular flexibility index (Phi) is 4.19. The molecule has 2 aromatic heterocycles. The first-order valence-corrected chi connectivity index (χ1v) is 6.94. The molecule has 122 valence electrons. The molecule has 10 nitrogen and oxygen atoms in total. The fraction of sp³-hybridized carbons (Fsp3) is 0.385. The Hall–Kier alpha value is -2.56. The minimum absolute atomic E-state index is 0.260. The van der Waals surface area contributed by atoms with E-state index in [2.05, 4.69) is 20.3 Å². The van der Waals surface area contributed by atoms with Crippen molar-refractivity contribution in [3.8, 4) is 0 Å². The van der Waals surface area contributed by atoms with Gasteiger partial charge in [-0.3, -0.25) is 9.36 Å². The maximum Gasteiger partial charge on any atom is 0.242 e. The summed E-state index contributed by atoms with van der Waals surface area (Å²) in [5.74, 6) is -0.180. The van der Waals surface area contributed by atoms with Crippen LogP contribution < -0.4 is 11.1 Å². The van der Waals surface area contributed by atoms with Crippen LogP contribution in [0.15, 0.2) is 24.9 Å². The van der Waals surface area contributed by atoms with E-state index < -0.39 is 24.3 Å². The molecule has 1 fully saturated rings. The van der Waals surface area contributed by atoms with Gasteiger partial charge in [-0.1, -0.05) is 0 Å². The second-order valence-corrected chi connectivity index (χ2v) is 5.04. The maximum atomic E-state index is 10.7. The van der Waals surface area contributed by atoms with Gasteiger partial charge in [0.2, 0.25) is 5.91 Å². The summed E-state index contributed by atoms with van der Waals surface area (Å²) in [6.07, 6.45) is 3.86. The van der Waals surface area contributed by atoms with Crippen LogP contribution in [0, 0.1) is 0 Å². The summed E-state index contributed by atoms with van der Waals surface area (Å²) in [5, 5.41) is 21.8. The number of aliphatic hydroxyl groups excluding tert-OH is 2. The number of imidazole rings is 1. The number of primary amides is 1. The van der Waals surface area contributed by atoms with Crippen LogP contribution in [-0.2, 0) is 9.53 Å². The fourth-order valence-electron chi connectivity index (χ4n) is 2.42. The van der Waals surface area contributed by atoms with E-state index in [4.69, 9.17) is 15.6 Å². The molecule has 0 radical (unpaired) electrons. The lowest BCUT2D eigenvalue weighted by Gasteiger charge is -2.13. The average Bonchev–Trinajstić information content (AvgIpc) is 3.10. The van der Waals surface area contributed by atoms with Gasteiger partial charge in [0.05, 0.1) is 19.0 Å². The SMILES string of the molecule is NC(=O)/C=C/Nc1ncnc2c1ncn2[C@H]1C[C@H](O)[C@@H](CO)O1. The number of amides is 1. The zero-order valence-electron chi connectivity index (χ0n) is 12.0. The van der Waals surface area contributed by atoms with E-state index in [1.54, 1.807) is 4.57 Å². The maximum absolute atomic E-state index is 10.7. The molecule has 23 heavy (non-hydrogen) atoms. The Labute approximate surface area is 130 Å². The summed E-state index contributed by atoms with van der Waals surface area (Å²) in [5.41, 5.74) is 6.00. The molecule has 1 aliphatic heterocycles. The first kappa shape index (κ1) is 15.3. The Bertz CT molecular complexity index is 745. The molecule has 3 rings (SSSR count). The van der Waals surface area contributed by atoms with Crippen molar-refractivity contribution in [2.75, 3.05) is 11.9 Å². The Morgan fingerprint density at radius 3 is 3.04 bits per heavy atom. The van der Waals surface area contributed by atoms with E-state index in [1.165, 1.54) is 18.9 Å². The molecular formula is C13H16N6O4. The number of hydrogen-bond acceptors (Lipinski definition) is 8. The van der Waals surface area contributed by atoms with Gasteiger partial charge in [-0.2, -0.15) is 0 Å². The Morgan fingerprint density at radius 1 is 1.52 bits per heavy atom. The van der Waals surface area contributed by atoms with Crippen LogP contribution in [-0.4, -0.2) is 54.5 Å². The second-order valence-electron chi connectivity index (χ2n) is 5.04. The summed E-state index contributed by atoms with van der Waals surface area (Å²) in [4.78, 5) is 23.2. The molecule has 10 heteroatoms. The van der Waals surface area contributed by atoms with Crippen LogP contribution in [0.2, 0.25) is 0 Å². The number of carbonyl (C=O) groups is 1. The van der Waals surface area contributed by atoms with Gasteiger partial charge in [-0.25, -0.2) is 15.0 Å². The molecule has 0 saturated carbocycles. The smallest absolute Gasteiger partial charge is 0.242 e. The molecule has 1 saturated heterocycles. The molecule has 0 spiro atoms. The lowest BCUT2D eigenvalue weighted by molar-refractivity contribution is -0.113. The molecule has 3 heterocycles. The number of hydrogen-bond donors (Lipinski definition) is 4. The largest absolute Gasteiger partial charge is 0.394 e. The molecule has 3 atom stereocenters. The lowest BCUT2D eigenvalue weighted by Crippen LogP contribution is -2.24. The fourth-order valence-corrected chi connectivity index (χ4v) is 2.42. The van der Waals surface area contributed by atoms with Gasteiger partial charge in [0.1, 0.15) is 18.7 Å². The van der Waals surface area contributed by atoms with Crippen molar-refractivity contribution >= 4 is 22.9 Å². The third-order valence-electron chi connectivity index (χ3n) is 3.52. The standard InChI is InChI=1S/C13H16N6O4/c14-9(22)1-2-15-12-11-13(17-5-16-12)19(6-18-11)10-3-7(21)8(4-20)23-10/h1-2,5-8,10,20-21H,3-4H2,(H2,14,22)(H,15,16,17)/b2-1+/t7-,8+,10+/m0/s1. The lowest BCUT2D eigenvalue weighted by atomic mass is 10.2. The van der Waals surface area contributed by atoms with Gasteiger partial charge < -0.3 is 26.0 Å². The first-order chi connectivity index (χ1) is 11.1. The number of ether oxygens (including phenoxy) is 1. The van der Waals surface area contributed by atoms with Crippen molar-refractivity contribution < 1.29 is 19.7 Å². The highest BCUT2D eigenvalue weighted by atomic mass is 16.5. The van der Waals surface area contributed by atoms with Crippen molar-refractivity contribution in [3.63, 3.8) is 0 Å². The zero-order valence-corrected chi connectivity index (χ0v) is 12.0. The number of aliphatic hydroxyl groups is 2. The number of carbonyl (C=O) groups excluding carboxylic acids is 1. The zero-order chi connectivity index (χ0) is 16.4. The normalized spacial score (nSPS) is 24.5. The monoisotopic (exact) mass is 320 g/mol. The van der Waals surface area contributed by atoms with E-state index in [0.717, 1.165) is 6.08 Å². The van der Waals surface area contributed by atoms with Crippen molar-refractivity contribution in [2.45, 2.75) is 24.9 Å². The average molecular weight is 320 g/mol. The summed E-state index contributed by atoms with van der Waals surface area (Å²) < 4.78 is 7.26. The van der Waals surface area contributed by atoms with E-state index in [9.17, 15) is 9.90 Å². The van der Waals surface area contributed by atoms with Gasteiger partial charge in [-0.05, 0) is 0 Å². The van der Waals surface area contributed by atoms with Gasteiger partial charge in [0, 0.05) is 18.7 Å². The van der Waals surface area contributed by atoms with E-state index in [-0.39, 0.29) is 6.61 Å². The van der Waals surface area contributed by atoms with Crippen LogP contribution in [0.5, 0.6) is 0 Å². The predicted molar refractivity (Wildman–Crippen MR) is 78.9 cm³/mol. The molecule has 0 aliphatic carbocycles. The Morgan fingerprint density at radius 2 is 2.35 bits per heavy atom. The molecule has 0 bridgehead atoms. The highest BCUT2D eigenvalue weighted by Crippen LogP contribution is 2.31. The van der Waals surface area contributed by atoms with Crippen LogP contribution in [0.25, 0.3) is 11.2 Å². The van der Waals surface area contributed by atoms with Crippen molar-refractivity contribution in [2.24, 2.45) is 5.73 Å². The number of nitrogens with two attached hydrogens (primary N) is 1. The number of rotatable bonds is 5. The summed E-state index contributed by atoms with van der Waals surface area (Å²) >= 11 is 0. The van der Waals surface area contributed by atoms with Crippen LogP contribution in [0.4, 0.5) is 5.82 Å². The minimum atomic E-state index is -0.750. The number of nitrogens with zero attached hydrogens (tertiary/aromatic N) is 4. The summed E-state index contributed by atoms with van der Waals surface area (Å²) in [6, 6.07) is 0. The van der Waals surface area contributed by atoms with E-state index in [1.807, 2.05) is 0 Å². The molecule has 0 unspecified atom stereocenters. The van der Waals surface area contributed by atoms with Gasteiger partial charge >= 0.3 is 0 Å². The highest BCUT2D eigenvalue weighted by molar-refractivity contribution is 5.87. The first-order valence-electron chi connectivity index (χ1n) is 6.94. The highest BCUT2D eigenvalue weighted by Gasteiger charge is 2.35. The van der Waals surface area contributed by atoms with Gasteiger partial charge in [0.25, 0.3) is 0 Å². The molecular weight excluding hydrogens is 304 g/mol. The predicted octanol–water partition coefficient (Wildman–Crippen LogP) is -1.12. The van der Waals surface area contributed by atoms with Crippen LogP contribution in [0.3, 0.4) is 0 Å². The number of aromatic nitrogens is 4. The van der Waals surface area contributed by atoms with Crippen molar-refractivity contribution in [1.29, 1.82) is 0 Å². The minimum Gasteiger partial charge on any atom is -0.394 e. The van der Waals surface area contributed by atoms with E-state index in [0.29, 0.717) is 23.4 Å². The van der Waals surface area contributed by atoms with Crippen LogP contribution in [0.1, 0.15) is 12.6 Å². The van der Waals surface area contributed by atoms with Crippen LogP contribution >= 0.6 is 0 Å². The summed E-state index contributed by atoms with van der Waals surface area (Å²) in [6.45, 7) is -0.260. The third kappa shape index (κ3) is 2.99. The van der Waals surface area contributed by atoms with Crippen molar-refractivity contribution in [1.82, 2.24) is 19.5 Å². The third-order valence-corrected chi connectivity index (χ3v) is 3.52. The molecule has 5 N–H and O–H groups in total. The van der Waals surface area contributed by atoms with E-state index >= 15 is 0 Å². The topological polar surface area (TPSA) is 148 Å². The number of fused-ring (bicyclic) bond motifs is 1. The molecule has 2 aromatic rings. The van der Waals surface area contributed by atoms with Gasteiger partial charge in [-0.15, -0.1) is 0 Å². The number of anilines is 1. The van der Waals surface area contributed by atoms with Gasteiger partial charge in [0.15, 0.2) is 17.0 Å². The number of nitrogens with one attached hydrogen (secondary N) is 1. The molecule has 0 aromatic carbocycles. The Balaban J connectivity index is 1.88. The molecule has 1 amide bonds.